The molecule has 98 valence electrons. The van der Waals surface area contributed by atoms with Gasteiger partial charge < -0.3 is 10.2 Å². The summed E-state index contributed by atoms with van der Waals surface area (Å²) < 4.78 is 0. The van der Waals surface area contributed by atoms with E-state index in [-0.39, 0.29) is 12.1 Å². The van der Waals surface area contributed by atoms with E-state index >= 15 is 0 Å². The summed E-state index contributed by atoms with van der Waals surface area (Å²) in [5, 5.41) is 30.4. The Morgan fingerprint density at radius 2 is 2.06 bits per heavy atom. The summed E-state index contributed by atoms with van der Waals surface area (Å²) in [5.74, 6) is 0. The molecule has 0 aliphatic rings. The fourth-order valence-electron chi connectivity index (χ4n) is 1.75. The van der Waals surface area contributed by atoms with Gasteiger partial charge in [0, 0.05) is 18.6 Å². The normalized spacial score (nSPS) is 15.7. The summed E-state index contributed by atoms with van der Waals surface area (Å²) in [4.78, 5) is 9.99. The van der Waals surface area contributed by atoms with E-state index in [0.29, 0.717) is 12.0 Å². The molecule has 5 nitrogen and oxygen atoms in total. The van der Waals surface area contributed by atoms with Gasteiger partial charge in [-0.1, -0.05) is 6.08 Å². The maximum absolute atomic E-state index is 10.5. The number of rotatable bonds is 6. The van der Waals surface area contributed by atoms with Crippen LogP contribution in [0, 0.1) is 10.1 Å². The number of aliphatic hydroxyl groups excluding tert-OH is 1. The fourth-order valence-corrected chi connectivity index (χ4v) is 1.75. The molecule has 1 aromatic rings. The van der Waals surface area contributed by atoms with Crippen LogP contribution < -0.4 is 0 Å². The first kappa shape index (κ1) is 14.3. The fraction of sp³-hybridized carbons (Fsp3) is 0.385. The number of nitro benzene ring substituents is 1. The van der Waals surface area contributed by atoms with Gasteiger partial charge in [0.25, 0.3) is 5.69 Å². The lowest BCUT2D eigenvalue weighted by molar-refractivity contribution is -0.384. The minimum atomic E-state index is -1.04. The third kappa shape index (κ3) is 3.94. The molecule has 0 aromatic heterocycles. The highest BCUT2D eigenvalue weighted by atomic mass is 16.6. The standard InChI is InChI=1S/C13H17NO4/c1-3-8-13(2,16)9-12(15)10-4-6-11(7-5-10)14(17)18/h3-7,12,15-16H,1,8-9H2,2H3/t12-,13-/m1/s1. The molecule has 0 amide bonds. The molecular weight excluding hydrogens is 234 g/mol. The van der Waals surface area contributed by atoms with Crippen molar-refractivity contribution in [3.63, 3.8) is 0 Å². The minimum absolute atomic E-state index is 0.0243. The molecule has 0 radical (unpaired) electrons. The molecule has 0 fully saturated rings. The molecule has 0 saturated heterocycles. The van der Waals surface area contributed by atoms with Gasteiger partial charge in [-0.05, 0) is 31.0 Å². The summed E-state index contributed by atoms with van der Waals surface area (Å²) in [7, 11) is 0. The Morgan fingerprint density at radius 3 is 2.50 bits per heavy atom. The molecule has 0 unspecified atom stereocenters. The predicted molar refractivity (Wildman–Crippen MR) is 68.1 cm³/mol. The topological polar surface area (TPSA) is 83.6 Å². The molecule has 5 heteroatoms. The molecule has 0 bridgehead atoms. The molecule has 2 N–H and O–H groups in total. The molecule has 2 atom stereocenters. The van der Waals surface area contributed by atoms with Crippen molar-refractivity contribution in [2.24, 2.45) is 0 Å². The van der Waals surface area contributed by atoms with Crippen LogP contribution in [0.5, 0.6) is 0 Å². The largest absolute Gasteiger partial charge is 0.390 e. The van der Waals surface area contributed by atoms with E-state index in [1.165, 1.54) is 24.3 Å². The SMILES string of the molecule is C=CC[C@@](C)(O)C[C@@H](O)c1ccc([N+](=O)[O-])cc1. The number of aliphatic hydroxyl groups is 2. The first-order valence-electron chi connectivity index (χ1n) is 5.61. The second-order valence-electron chi connectivity index (χ2n) is 4.56. The zero-order valence-electron chi connectivity index (χ0n) is 10.2. The van der Waals surface area contributed by atoms with E-state index in [1.54, 1.807) is 13.0 Å². The van der Waals surface area contributed by atoms with Crippen LogP contribution in [-0.4, -0.2) is 20.7 Å². The zero-order chi connectivity index (χ0) is 13.8. The molecule has 0 aliphatic carbocycles. The smallest absolute Gasteiger partial charge is 0.269 e. The van der Waals surface area contributed by atoms with Gasteiger partial charge in [0.15, 0.2) is 0 Å². The van der Waals surface area contributed by atoms with Crippen LogP contribution in [0.15, 0.2) is 36.9 Å². The highest BCUT2D eigenvalue weighted by Crippen LogP contribution is 2.27. The average molecular weight is 251 g/mol. The lowest BCUT2D eigenvalue weighted by Crippen LogP contribution is -2.26. The third-order valence-electron chi connectivity index (χ3n) is 2.71. The minimum Gasteiger partial charge on any atom is -0.390 e. The van der Waals surface area contributed by atoms with Crippen LogP contribution >= 0.6 is 0 Å². The van der Waals surface area contributed by atoms with Crippen molar-refractivity contribution in [2.45, 2.75) is 31.5 Å². The summed E-state index contributed by atoms with van der Waals surface area (Å²) in [5.41, 5.74) is -0.517. The molecule has 1 aromatic carbocycles. The van der Waals surface area contributed by atoms with Crippen molar-refractivity contribution in [2.75, 3.05) is 0 Å². The first-order valence-corrected chi connectivity index (χ1v) is 5.61. The van der Waals surface area contributed by atoms with Gasteiger partial charge in [-0.25, -0.2) is 0 Å². The van der Waals surface area contributed by atoms with Crippen molar-refractivity contribution < 1.29 is 15.1 Å². The van der Waals surface area contributed by atoms with Gasteiger partial charge in [-0.3, -0.25) is 10.1 Å². The Balaban J connectivity index is 2.75. The van der Waals surface area contributed by atoms with E-state index in [4.69, 9.17) is 0 Å². The summed E-state index contributed by atoms with van der Waals surface area (Å²) >= 11 is 0. The van der Waals surface area contributed by atoms with E-state index < -0.39 is 16.6 Å². The summed E-state index contributed by atoms with van der Waals surface area (Å²) in [6.45, 7) is 5.15. The number of benzene rings is 1. The van der Waals surface area contributed by atoms with Crippen molar-refractivity contribution in [1.82, 2.24) is 0 Å². The van der Waals surface area contributed by atoms with Gasteiger partial charge in [0.05, 0.1) is 16.6 Å². The van der Waals surface area contributed by atoms with Crippen molar-refractivity contribution in [1.29, 1.82) is 0 Å². The van der Waals surface area contributed by atoms with E-state index in [0.717, 1.165) is 0 Å². The number of hydrogen-bond donors (Lipinski definition) is 2. The van der Waals surface area contributed by atoms with Crippen molar-refractivity contribution in [3.8, 4) is 0 Å². The van der Waals surface area contributed by atoms with Crippen molar-refractivity contribution >= 4 is 5.69 Å². The van der Waals surface area contributed by atoms with E-state index in [1.807, 2.05) is 0 Å². The second-order valence-corrected chi connectivity index (χ2v) is 4.56. The maximum atomic E-state index is 10.5. The van der Waals surface area contributed by atoms with Crippen LogP contribution in [0.4, 0.5) is 5.69 Å². The summed E-state index contributed by atoms with van der Waals surface area (Å²) in [6, 6.07) is 5.65. The molecule has 0 saturated carbocycles. The van der Waals surface area contributed by atoms with Crippen LogP contribution in [0.1, 0.15) is 31.4 Å². The van der Waals surface area contributed by atoms with Gasteiger partial charge in [0.2, 0.25) is 0 Å². The highest BCUT2D eigenvalue weighted by Gasteiger charge is 2.24. The lowest BCUT2D eigenvalue weighted by Gasteiger charge is -2.24. The molecule has 0 spiro atoms. The first-order chi connectivity index (χ1) is 8.35. The van der Waals surface area contributed by atoms with Gasteiger partial charge in [-0.15, -0.1) is 6.58 Å². The molecule has 0 aliphatic heterocycles. The van der Waals surface area contributed by atoms with E-state index in [2.05, 4.69) is 6.58 Å². The van der Waals surface area contributed by atoms with Gasteiger partial charge in [-0.2, -0.15) is 0 Å². The van der Waals surface area contributed by atoms with Crippen LogP contribution in [0.3, 0.4) is 0 Å². The number of nitro groups is 1. The number of hydrogen-bond acceptors (Lipinski definition) is 4. The maximum Gasteiger partial charge on any atom is 0.269 e. The Morgan fingerprint density at radius 1 is 1.50 bits per heavy atom. The van der Waals surface area contributed by atoms with Crippen LogP contribution in [0.2, 0.25) is 0 Å². The zero-order valence-corrected chi connectivity index (χ0v) is 10.2. The Hall–Kier alpha value is -1.72. The highest BCUT2D eigenvalue weighted by molar-refractivity contribution is 5.33. The quantitative estimate of drug-likeness (QED) is 0.462. The Kier molecular flexibility index (Phi) is 4.58. The van der Waals surface area contributed by atoms with Gasteiger partial charge in [0.1, 0.15) is 0 Å². The van der Waals surface area contributed by atoms with E-state index in [9.17, 15) is 20.3 Å². The van der Waals surface area contributed by atoms with Crippen molar-refractivity contribution in [3.05, 3.63) is 52.6 Å². The lowest BCUT2D eigenvalue weighted by atomic mass is 9.91. The average Bonchev–Trinajstić information content (AvgIpc) is 2.28. The van der Waals surface area contributed by atoms with Crippen LogP contribution in [-0.2, 0) is 0 Å². The molecule has 18 heavy (non-hydrogen) atoms. The Labute approximate surface area is 106 Å². The van der Waals surface area contributed by atoms with Gasteiger partial charge >= 0.3 is 0 Å². The molecule has 0 heterocycles. The number of nitrogens with zero attached hydrogens (tertiary/aromatic N) is 1. The summed E-state index contributed by atoms with van der Waals surface area (Å²) in [6.07, 6.45) is 1.25. The van der Waals surface area contributed by atoms with Crippen LogP contribution in [0.25, 0.3) is 0 Å². The number of non-ortho nitro benzene ring substituents is 1. The third-order valence-corrected chi connectivity index (χ3v) is 2.71. The molecule has 1 rings (SSSR count). The Bertz CT molecular complexity index is 425. The molecular formula is C13H17NO4. The monoisotopic (exact) mass is 251 g/mol. The second kappa shape index (κ2) is 5.75. The predicted octanol–water partition coefficient (Wildman–Crippen LogP) is 2.35.